The maximum Gasteiger partial charge on any atom is 0.319 e. The molecule has 0 bridgehead atoms. The minimum atomic E-state index is -0.249. The first-order chi connectivity index (χ1) is 14.1. The second kappa shape index (κ2) is 10.3. The number of amides is 2. The lowest BCUT2D eigenvalue weighted by molar-refractivity contribution is 0.252. The molecule has 0 unspecified atom stereocenters. The van der Waals surface area contributed by atoms with Crippen molar-refractivity contribution in [2.45, 2.75) is 11.8 Å². The topological polar surface area (TPSA) is 104 Å². The van der Waals surface area contributed by atoms with Crippen molar-refractivity contribution in [2.75, 3.05) is 35.3 Å². The molecule has 0 aliphatic rings. The van der Waals surface area contributed by atoms with Gasteiger partial charge < -0.3 is 21.3 Å². The first-order valence-corrected chi connectivity index (χ1v) is 10.3. The molecule has 3 rings (SSSR count). The van der Waals surface area contributed by atoms with E-state index in [2.05, 4.69) is 36.2 Å². The van der Waals surface area contributed by atoms with Crippen LogP contribution in [0.5, 0.6) is 0 Å². The molecule has 2 amide bonds. The van der Waals surface area contributed by atoms with Crippen LogP contribution >= 0.6 is 11.8 Å². The van der Waals surface area contributed by atoms with Gasteiger partial charge in [-0.2, -0.15) is 0 Å². The minimum absolute atomic E-state index is 0.249. The van der Waals surface area contributed by atoms with Gasteiger partial charge in [0.15, 0.2) is 0 Å². The second-order valence-electron chi connectivity index (χ2n) is 6.07. The van der Waals surface area contributed by atoms with Gasteiger partial charge in [-0.1, -0.05) is 12.1 Å². The number of nitrogens with one attached hydrogen (secondary N) is 4. The van der Waals surface area contributed by atoms with Gasteiger partial charge in [-0.15, -0.1) is 11.8 Å². The lowest BCUT2D eigenvalue weighted by Gasteiger charge is -2.11. The SMILES string of the molecule is CSc1cccc(NC(=O)NCCNc2cc(Nc3ccccn3)nc(C)n2)c1. The maximum absolute atomic E-state index is 12.0. The summed E-state index contributed by atoms with van der Waals surface area (Å²) in [7, 11) is 0. The van der Waals surface area contributed by atoms with E-state index in [1.165, 1.54) is 0 Å². The number of aryl methyl sites for hydroxylation is 1. The molecule has 1 aromatic carbocycles. The number of hydrogen-bond acceptors (Lipinski definition) is 7. The molecular weight excluding hydrogens is 386 g/mol. The highest BCUT2D eigenvalue weighted by Gasteiger charge is 2.04. The Balaban J connectivity index is 1.46. The number of anilines is 4. The van der Waals surface area contributed by atoms with E-state index >= 15 is 0 Å². The molecule has 29 heavy (non-hydrogen) atoms. The van der Waals surface area contributed by atoms with Crippen molar-refractivity contribution in [1.29, 1.82) is 0 Å². The molecule has 0 fully saturated rings. The smallest absolute Gasteiger partial charge is 0.319 e. The third-order valence-electron chi connectivity index (χ3n) is 3.80. The van der Waals surface area contributed by atoms with Crippen LogP contribution in [0.2, 0.25) is 0 Å². The number of hydrogen-bond donors (Lipinski definition) is 4. The van der Waals surface area contributed by atoms with Crippen molar-refractivity contribution in [3.8, 4) is 0 Å². The Labute approximate surface area is 174 Å². The number of carbonyl (C=O) groups excluding carboxylic acids is 1. The van der Waals surface area contributed by atoms with Crippen molar-refractivity contribution in [3.63, 3.8) is 0 Å². The van der Waals surface area contributed by atoms with Crippen LogP contribution in [0.15, 0.2) is 59.6 Å². The molecule has 4 N–H and O–H groups in total. The molecular formula is C20H23N7OS. The Morgan fingerprint density at radius 1 is 1.00 bits per heavy atom. The van der Waals surface area contributed by atoms with E-state index in [1.54, 1.807) is 24.0 Å². The molecule has 8 nitrogen and oxygen atoms in total. The minimum Gasteiger partial charge on any atom is -0.368 e. The second-order valence-corrected chi connectivity index (χ2v) is 6.94. The number of thioether (sulfide) groups is 1. The van der Waals surface area contributed by atoms with Crippen LogP contribution in [-0.2, 0) is 0 Å². The number of urea groups is 1. The molecule has 0 atom stereocenters. The number of rotatable bonds is 8. The third kappa shape index (κ3) is 6.65. The molecule has 3 aromatic rings. The summed E-state index contributed by atoms with van der Waals surface area (Å²) >= 11 is 1.63. The fourth-order valence-electron chi connectivity index (χ4n) is 2.53. The molecule has 0 radical (unpaired) electrons. The molecule has 2 heterocycles. The summed E-state index contributed by atoms with van der Waals surface area (Å²) in [5, 5.41) is 12.0. The summed E-state index contributed by atoms with van der Waals surface area (Å²) in [5.41, 5.74) is 0.763. The van der Waals surface area contributed by atoms with Crippen LogP contribution in [-0.4, -0.2) is 40.3 Å². The zero-order chi connectivity index (χ0) is 20.5. The van der Waals surface area contributed by atoms with Crippen LogP contribution in [0, 0.1) is 6.92 Å². The van der Waals surface area contributed by atoms with Gasteiger partial charge in [0, 0.05) is 35.9 Å². The molecule has 2 aromatic heterocycles. The predicted molar refractivity (Wildman–Crippen MR) is 118 cm³/mol. The van der Waals surface area contributed by atoms with Gasteiger partial charge in [-0.05, 0) is 43.5 Å². The molecule has 0 aliphatic carbocycles. The highest BCUT2D eigenvalue weighted by atomic mass is 32.2. The average molecular weight is 410 g/mol. The molecule has 0 saturated heterocycles. The average Bonchev–Trinajstić information content (AvgIpc) is 2.72. The van der Waals surface area contributed by atoms with Crippen LogP contribution in [0.4, 0.5) is 27.9 Å². The third-order valence-corrected chi connectivity index (χ3v) is 4.53. The Bertz CT molecular complexity index is 953. The van der Waals surface area contributed by atoms with E-state index in [-0.39, 0.29) is 6.03 Å². The van der Waals surface area contributed by atoms with Crippen LogP contribution < -0.4 is 21.3 Å². The lowest BCUT2D eigenvalue weighted by Crippen LogP contribution is -2.32. The van der Waals surface area contributed by atoms with E-state index in [4.69, 9.17) is 0 Å². The van der Waals surface area contributed by atoms with Crippen molar-refractivity contribution in [3.05, 3.63) is 60.6 Å². The monoisotopic (exact) mass is 409 g/mol. The van der Waals surface area contributed by atoms with Crippen molar-refractivity contribution in [1.82, 2.24) is 20.3 Å². The maximum atomic E-state index is 12.0. The summed E-state index contributed by atoms with van der Waals surface area (Å²) < 4.78 is 0. The lowest BCUT2D eigenvalue weighted by atomic mass is 10.3. The number of carbonyl (C=O) groups is 1. The molecule has 0 saturated carbocycles. The van der Waals surface area contributed by atoms with E-state index in [0.717, 1.165) is 10.6 Å². The van der Waals surface area contributed by atoms with Crippen molar-refractivity contribution >= 4 is 40.9 Å². The normalized spacial score (nSPS) is 10.3. The number of benzene rings is 1. The van der Waals surface area contributed by atoms with Crippen molar-refractivity contribution in [2.24, 2.45) is 0 Å². The largest absolute Gasteiger partial charge is 0.368 e. The van der Waals surface area contributed by atoms with E-state index in [1.807, 2.05) is 55.6 Å². The summed E-state index contributed by atoms with van der Waals surface area (Å²) in [4.78, 5) is 26.1. The van der Waals surface area contributed by atoms with E-state index < -0.39 is 0 Å². The first-order valence-electron chi connectivity index (χ1n) is 9.09. The quantitative estimate of drug-likeness (QED) is 0.331. The molecule has 0 spiro atoms. The van der Waals surface area contributed by atoms with Gasteiger partial charge in [-0.25, -0.2) is 19.7 Å². The molecule has 0 aliphatic heterocycles. The molecule has 150 valence electrons. The van der Waals surface area contributed by atoms with Gasteiger partial charge in [0.05, 0.1) is 0 Å². The summed E-state index contributed by atoms with van der Waals surface area (Å²) in [6.45, 7) is 2.79. The predicted octanol–water partition coefficient (Wildman–Crippen LogP) is 3.88. The fraction of sp³-hybridized carbons (Fsp3) is 0.200. The van der Waals surface area contributed by atoms with Crippen LogP contribution in [0.3, 0.4) is 0 Å². The Morgan fingerprint density at radius 2 is 1.86 bits per heavy atom. The molecule has 9 heteroatoms. The number of pyridine rings is 1. The van der Waals surface area contributed by atoms with Gasteiger partial charge >= 0.3 is 6.03 Å². The summed E-state index contributed by atoms with van der Waals surface area (Å²) in [6.07, 6.45) is 3.71. The number of nitrogens with zero attached hydrogens (tertiary/aromatic N) is 3. The van der Waals surface area contributed by atoms with Gasteiger partial charge in [0.1, 0.15) is 23.3 Å². The Morgan fingerprint density at radius 3 is 2.66 bits per heavy atom. The number of aromatic nitrogens is 3. The zero-order valence-electron chi connectivity index (χ0n) is 16.3. The van der Waals surface area contributed by atoms with E-state index in [0.29, 0.717) is 36.4 Å². The van der Waals surface area contributed by atoms with Crippen molar-refractivity contribution < 1.29 is 4.79 Å². The standard InChI is InChI=1S/C20H23N7OS/c1-14-24-18(13-19(25-14)27-17-8-3-4-9-21-17)22-10-11-23-20(28)26-15-6-5-7-16(12-15)29-2/h3-9,12-13H,10-11H2,1-2H3,(H2,23,26,28)(H2,21,22,24,25,27). The Hall–Kier alpha value is -3.33. The Kier molecular flexibility index (Phi) is 7.23. The summed E-state index contributed by atoms with van der Waals surface area (Å²) in [6, 6.07) is 14.9. The fourth-order valence-corrected chi connectivity index (χ4v) is 2.99. The van der Waals surface area contributed by atoms with Crippen LogP contribution in [0.1, 0.15) is 5.82 Å². The van der Waals surface area contributed by atoms with Gasteiger partial charge in [0.25, 0.3) is 0 Å². The highest BCUT2D eigenvalue weighted by molar-refractivity contribution is 7.98. The zero-order valence-corrected chi connectivity index (χ0v) is 17.1. The van der Waals surface area contributed by atoms with Crippen LogP contribution in [0.25, 0.3) is 0 Å². The van der Waals surface area contributed by atoms with E-state index in [9.17, 15) is 4.79 Å². The van der Waals surface area contributed by atoms with Gasteiger partial charge in [-0.3, -0.25) is 0 Å². The highest BCUT2D eigenvalue weighted by Crippen LogP contribution is 2.19. The van der Waals surface area contributed by atoms with Gasteiger partial charge in [0.2, 0.25) is 0 Å². The first kappa shape index (κ1) is 20.4. The summed E-state index contributed by atoms with van der Waals surface area (Å²) in [5.74, 6) is 2.66.